The molecule has 118 valence electrons. The molecule has 4 nitrogen and oxygen atoms in total. The highest BCUT2D eigenvalue weighted by Gasteiger charge is 2.19. The van der Waals surface area contributed by atoms with Gasteiger partial charge in [0.05, 0.1) is 19.2 Å². The quantitative estimate of drug-likeness (QED) is 0.885. The van der Waals surface area contributed by atoms with Crippen LogP contribution in [-0.2, 0) is 17.9 Å². The Bertz CT molecular complexity index is 595. The Balaban J connectivity index is 1.98. The third-order valence-electron chi connectivity index (χ3n) is 3.25. The largest absolute Gasteiger partial charge is 0.445 e. The van der Waals surface area contributed by atoms with Crippen molar-refractivity contribution in [2.75, 3.05) is 6.54 Å². The predicted molar refractivity (Wildman–Crippen MR) is 87.8 cm³/mol. The number of ether oxygens (including phenoxy) is 1. The van der Waals surface area contributed by atoms with Gasteiger partial charge in [0, 0.05) is 4.88 Å². The fraction of sp³-hybridized carbons (Fsp3) is 0.353. The molecule has 0 spiro atoms. The standard InChI is InChI=1S/C17H21NO3S/c1-13-8-9-22-16(13)11-18(10-14(2)19)17(20)21-12-15-6-4-3-5-7-15/h3-9,14,19H,10-12H2,1-2H3. The van der Waals surface area contributed by atoms with E-state index in [0.717, 1.165) is 16.0 Å². The zero-order valence-electron chi connectivity index (χ0n) is 12.9. The van der Waals surface area contributed by atoms with E-state index in [-0.39, 0.29) is 13.2 Å². The van der Waals surface area contributed by atoms with E-state index in [2.05, 4.69) is 0 Å². The second-order valence-electron chi connectivity index (χ2n) is 5.30. The molecular weight excluding hydrogens is 298 g/mol. The maximum atomic E-state index is 12.3. The number of aliphatic hydroxyl groups is 1. The zero-order chi connectivity index (χ0) is 15.9. The Labute approximate surface area is 135 Å². The maximum absolute atomic E-state index is 12.3. The molecule has 1 unspecified atom stereocenters. The number of rotatable bonds is 6. The molecule has 5 heteroatoms. The topological polar surface area (TPSA) is 49.8 Å². The van der Waals surface area contributed by atoms with Crippen LogP contribution in [0, 0.1) is 6.92 Å². The van der Waals surface area contributed by atoms with E-state index in [0.29, 0.717) is 6.54 Å². The lowest BCUT2D eigenvalue weighted by Crippen LogP contribution is -2.36. The molecule has 2 rings (SSSR count). The summed E-state index contributed by atoms with van der Waals surface area (Å²) in [5.74, 6) is 0. The summed E-state index contributed by atoms with van der Waals surface area (Å²) >= 11 is 1.61. The summed E-state index contributed by atoms with van der Waals surface area (Å²) in [6, 6.07) is 11.6. The summed E-state index contributed by atoms with van der Waals surface area (Å²) < 4.78 is 5.36. The fourth-order valence-corrected chi connectivity index (χ4v) is 2.99. The Hall–Kier alpha value is -1.85. The van der Waals surface area contributed by atoms with Gasteiger partial charge in [-0.05, 0) is 36.4 Å². The first-order valence-electron chi connectivity index (χ1n) is 7.23. The van der Waals surface area contributed by atoms with Crippen LogP contribution in [0.1, 0.15) is 22.9 Å². The first-order valence-corrected chi connectivity index (χ1v) is 8.11. The normalized spacial score (nSPS) is 12.0. The zero-order valence-corrected chi connectivity index (χ0v) is 13.7. The van der Waals surface area contributed by atoms with Crippen molar-refractivity contribution in [2.24, 2.45) is 0 Å². The van der Waals surface area contributed by atoms with Crippen LogP contribution in [0.15, 0.2) is 41.8 Å². The van der Waals surface area contributed by atoms with Gasteiger partial charge in [0.15, 0.2) is 0 Å². The van der Waals surface area contributed by atoms with Gasteiger partial charge in [0.1, 0.15) is 6.61 Å². The minimum atomic E-state index is -0.593. The number of aliphatic hydroxyl groups excluding tert-OH is 1. The molecule has 0 saturated heterocycles. The molecule has 1 N–H and O–H groups in total. The molecule has 0 fully saturated rings. The van der Waals surface area contributed by atoms with E-state index in [1.165, 1.54) is 0 Å². The SMILES string of the molecule is Cc1ccsc1CN(CC(C)O)C(=O)OCc1ccccc1. The van der Waals surface area contributed by atoms with Crippen LogP contribution in [0.3, 0.4) is 0 Å². The summed E-state index contributed by atoms with van der Waals surface area (Å²) in [4.78, 5) is 14.9. The van der Waals surface area contributed by atoms with Crippen molar-refractivity contribution in [1.29, 1.82) is 0 Å². The highest BCUT2D eigenvalue weighted by molar-refractivity contribution is 7.10. The smallest absolute Gasteiger partial charge is 0.410 e. The summed E-state index contributed by atoms with van der Waals surface area (Å²) in [6.07, 6.45) is -0.998. The number of hydrogen-bond donors (Lipinski definition) is 1. The van der Waals surface area contributed by atoms with Gasteiger partial charge < -0.3 is 14.7 Å². The van der Waals surface area contributed by atoms with Crippen molar-refractivity contribution in [3.63, 3.8) is 0 Å². The number of nitrogens with zero attached hydrogens (tertiary/aromatic N) is 1. The van der Waals surface area contributed by atoms with Gasteiger partial charge in [-0.2, -0.15) is 0 Å². The highest BCUT2D eigenvalue weighted by atomic mass is 32.1. The Morgan fingerprint density at radius 3 is 2.64 bits per heavy atom. The first kappa shape index (κ1) is 16.5. The van der Waals surface area contributed by atoms with Crippen molar-refractivity contribution in [2.45, 2.75) is 33.1 Å². The number of aryl methyl sites for hydroxylation is 1. The summed E-state index contributed by atoms with van der Waals surface area (Å²) in [7, 11) is 0. The number of amides is 1. The molecule has 1 aromatic heterocycles. The van der Waals surface area contributed by atoms with Crippen LogP contribution < -0.4 is 0 Å². The molecule has 0 aliphatic heterocycles. The first-order chi connectivity index (χ1) is 10.6. The van der Waals surface area contributed by atoms with Crippen molar-refractivity contribution in [1.82, 2.24) is 4.90 Å². The summed E-state index contributed by atoms with van der Waals surface area (Å²) in [6.45, 7) is 4.63. The highest BCUT2D eigenvalue weighted by Crippen LogP contribution is 2.18. The molecule has 0 saturated carbocycles. The summed E-state index contributed by atoms with van der Waals surface area (Å²) in [5, 5.41) is 11.6. The van der Waals surface area contributed by atoms with E-state index in [9.17, 15) is 9.90 Å². The van der Waals surface area contributed by atoms with Gasteiger partial charge in [-0.1, -0.05) is 30.3 Å². The van der Waals surface area contributed by atoms with Crippen LogP contribution in [-0.4, -0.2) is 28.7 Å². The number of carbonyl (C=O) groups excluding carboxylic acids is 1. The van der Waals surface area contributed by atoms with Gasteiger partial charge in [0.2, 0.25) is 0 Å². The van der Waals surface area contributed by atoms with Gasteiger partial charge >= 0.3 is 6.09 Å². The van der Waals surface area contributed by atoms with Crippen molar-refractivity contribution in [3.05, 3.63) is 57.8 Å². The molecule has 22 heavy (non-hydrogen) atoms. The number of hydrogen-bond acceptors (Lipinski definition) is 4. The monoisotopic (exact) mass is 319 g/mol. The Morgan fingerprint density at radius 1 is 1.32 bits per heavy atom. The van der Waals surface area contributed by atoms with E-state index < -0.39 is 12.2 Å². The molecule has 1 heterocycles. The van der Waals surface area contributed by atoms with Crippen molar-refractivity contribution < 1.29 is 14.6 Å². The Kier molecular flexibility index (Phi) is 5.98. The van der Waals surface area contributed by atoms with E-state index in [1.807, 2.05) is 48.7 Å². The molecule has 1 atom stereocenters. The van der Waals surface area contributed by atoms with Crippen molar-refractivity contribution in [3.8, 4) is 0 Å². The molecule has 0 aliphatic rings. The lowest BCUT2D eigenvalue weighted by atomic mass is 10.2. The summed E-state index contributed by atoms with van der Waals surface area (Å²) in [5.41, 5.74) is 2.09. The van der Waals surface area contributed by atoms with E-state index in [1.54, 1.807) is 23.2 Å². The predicted octanol–water partition coefficient (Wildman–Crippen LogP) is 3.58. The minimum absolute atomic E-state index is 0.236. The second-order valence-corrected chi connectivity index (χ2v) is 6.30. The van der Waals surface area contributed by atoms with E-state index >= 15 is 0 Å². The molecule has 2 aromatic rings. The molecule has 0 aliphatic carbocycles. The van der Waals surface area contributed by atoms with Crippen LogP contribution in [0.5, 0.6) is 0 Å². The van der Waals surface area contributed by atoms with Gasteiger partial charge in [-0.25, -0.2) is 4.79 Å². The lowest BCUT2D eigenvalue weighted by Gasteiger charge is -2.23. The van der Waals surface area contributed by atoms with Crippen LogP contribution in [0.2, 0.25) is 0 Å². The minimum Gasteiger partial charge on any atom is -0.445 e. The second kappa shape index (κ2) is 7.96. The molecule has 0 bridgehead atoms. The maximum Gasteiger partial charge on any atom is 0.410 e. The van der Waals surface area contributed by atoms with Crippen LogP contribution in [0.4, 0.5) is 4.79 Å². The van der Waals surface area contributed by atoms with Crippen molar-refractivity contribution >= 4 is 17.4 Å². The number of carbonyl (C=O) groups is 1. The third kappa shape index (κ3) is 4.86. The number of benzene rings is 1. The molecule has 0 radical (unpaired) electrons. The van der Waals surface area contributed by atoms with Gasteiger partial charge in [-0.3, -0.25) is 0 Å². The third-order valence-corrected chi connectivity index (χ3v) is 4.26. The lowest BCUT2D eigenvalue weighted by molar-refractivity contribution is 0.0708. The van der Waals surface area contributed by atoms with E-state index in [4.69, 9.17) is 4.74 Å². The van der Waals surface area contributed by atoms with Gasteiger partial charge in [0.25, 0.3) is 0 Å². The van der Waals surface area contributed by atoms with Crippen LogP contribution >= 0.6 is 11.3 Å². The molecule has 1 aromatic carbocycles. The average molecular weight is 319 g/mol. The van der Waals surface area contributed by atoms with Crippen LogP contribution in [0.25, 0.3) is 0 Å². The fourth-order valence-electron chi connectivity index (χ4n) is 2.07. The molecule has 1 amide bonds. The Morgan fingerprint density at radius 2 is 2.05 bits per heavy atom. The number of thiophene rings is 1. The average Bonchev–Trinajstić information content (AvgIpc) is 2.90. The molecular formula is C17H21NO3S. The van der Waals surface area contributed by atoms with Gasteiger partial charge in [-0.15, -0.1) is 11.3 Å².